The van der Waals surface area contributed by atoms with Gasteiger partial charge in [-0.25, -0.2) is 0 Å². The Balaban J connectivity index is 3.07. The predicted octanol–water partition coefficient (Wildman–Crippen LogP) is 1.99. The quantitative estimate of drug-likeness (QED) is 0.800. The Morgan fingerprint density at radius 3 is 2.36 bits per heavy atom. The van der Waals surface area contributed by atoms with E-state index in [4.69, 9.17) is 9.47 Å². The molecule has 0 aromatic heterocycles. The Bertz CT molecular complexity index is 308. The minimum Gasteiger partial charge on any atom is -0.508 e. The second-order valence-electron chi connectivity index (χ2n) is 3.27. The van der Waals surface area contributed by atoms with Gasteiger partial charge in [0.15, 0.2) is 0 Å². The first kappa shape index (κ1) is 11.0. The maximum Gasteiger partial charge on any atom is 0.116 e. The van der Waals surface area contributed by atoms with Crippen LogP contribution in [0.3, 0.4) is 0 Å². The SMILES string of the molecule is COCc1cc(O)cc(C)c1COC. The van der Waals surface area contributed by atoms with Crippen LogP contribution < -0.4 is 0 Å². The lowest BCUT2D eigenvalue weighted by molar-refractivity contribution is 0.167. The van der Waals surface area contributed by atoms with Crippen molar-refractivity contribution in [1.29, 1.82) is 0 Å². The summed E-state index contributed by atoms with van der Waals surface area (Å²) in [4.78, 5) is 0. The molecule has 0 heterocycles. The lowest BCUT2D eigenvalue weighted by Crippen LogP contribution is -2.00. The van der Waals surface area contributed by atoms with Crippen LogP contribution >= 0.6 is 0 Å². The van der Waals surface area contributed by atoms with E-state index in [1.54, 1.807) is 26.4 Å². The molecule has 0 saturated heterocycles. The predicted molar refractivity (Wildman–Crippen MR) is 54.3 cm³/mol. The molecule has 3 nitrogen and oxygen atoms in total. The third-order valence-corrected chi connectivity index (χ3v) is 2.14. The number of ether oxygens (including phenoxy) is 2. The van der Waals surface area contributed by atoms with Crippen LogP contribution in [0.15, 0.2) is 12.1 Å². The van der Waals surface area contributed by atoms with Crippen LogP contribution in [0.2, 0.25) is 0 Å². The van der Waals surface area contributed by atoms with Crippen molar-refractivity contribution in [2.75, 3.05) is 14.2 Å². The third kappa shape index (κ3) is 2.47. The first-order valence-corrected chi connectivity index (χ1v) is 4.48. The summed E-state index contributed by atoms with van der Waals surface area (Å²) in [7, 11) is 3.29. The van der Waals surface area contributed by atoms with Crippen molar-refractivity contribution in [2.45, 2.75) is 20.1 Å². The van der Waals surface area contributed by atoms with Gasteiger partial charge in [0.1, 0.15) is 5.75 Å². The molecular formula is C11H16O3. The van der Waals surface area contributed by atoms with Gasteiger partial charge in [-0.15, -0.1) is 0 Å². The van der Waals surface area contributed by atoms with Crippen molar-refractivity contribution >= 4 is 0 Å². The number of phenols is 1. The van der Waals surface area contributed by atoms with E-state index in [1.165, 1.54) is 0 Å². The smallest absolute Gasteiger partial charge is 0.116 e. The fourth-order valence-electron chi connectivity index (χ4n) is 1.50. The molecule has 1 rings (SSSR count). The maximum atomic E-state index is 9.42. The van der Waals surface area contributed by atoms with E-state index in [9.17, 15) is 5.11 Å². The minimum absolute atomic E-state index is 0.273. The van der Waals surface area contributed by atoms with E-state index in [0.29, 0.717) is 13.2 Å². The Morgan fingerprint density at radius 2 is 1.79 bits per heavy atom. The largest absolute Gasteiger partial charge is 0.508 e. The summed E-state index contributed by atoms with van der Waals surface area (Å²) in [5.74, 6) is 0.273. The molecule has 0 aliphatic heterocycles. The molecule has 3 heteroatoms. The van der Waals surface area contributed by atoms with Gasteiger partial charge in [-0.3, -0.25) is 0 Å². The summed E-state index contributed by atoms with van der Waals surface area (Å²) in [6.07, 6.45) is 0. The molecule has 0 amide bonds. The number of hydrogen-bond acceptors (Lipinski definition) is 3. The van der Waals surface area contributed by atoms with Crippen molar-refractivity contribution in [3.05, 3.63) is 28.8 Å². The Hall–Kier alpha value is -1.06. The third-order valence-electron chi connectivity index (χ3n) is 2.14. The fraction of sp³-hybridized carbons (Fsp3) is 0.455. The molecule has 1 aromatic carbocycles. The number of hydrogen-bond donors (Lipinski definition) is 1. The molecule has 14 heavy (non-hydrogen) atoms. The summed E-state index contributed by atoms with van der Waals surface area (Å²) in [5.41, 5.74) is 3.10. The van der Waals surface area contributed by atoms with Gasteiger partial charge in [-0.05, 0) is 35.7 Å². The number of benzene rings is 1. The molecule has 1 aromatic rings. The standard InChI is InChI=1S/C11H16O3/c1-8-4-10(12)5-9(6-13-2)11(8)7-14-3/h4-5,12H,6-7H2,1-3H3. The summed E-state index contributed by atoms with van der Waals surface area (Å²) in [5, 5.41) is 9.42. The van der Waals surface area contributed by atoms with Crippen molar-refractivity contribution in [2.24, 2.45) is 0 Å². The van der Waals surface area contributed by atoms with E-state index in [1.807, 2.05) is 6.92 Å². The lowest BCUT2D eigenvalue weighted by atomic mass is 10.0. The van der Waals surface area contributed by atoms with Crippen molar-refractivity contribution < 1.29 is 14.6 Å². The Kier molecular flexibility index (Phi) is 3.92. The average molecular weight is 196 g/mol. The van der Waals surface area contributed by atoms with Gasteiger partial charge in [0.05, 0.1) is 13.2 Å². The average Bonchev–Trinajstić information content (AvgIpc) is 2.11. The summed E-state index contributed by atoms with van der Waals surface area (Å²) in [6, 6.07) is 3.44. The zero-order valence-electron chi connectivity index (χ0n) is 8.83. The van der Waals surface area contributed by atoms with Gasteiger partial charge >= 0.3 is 0 Å². The summed E-state index contributed by atoms with van der Waals surface area (Å²) < 4.78 is 10.2. The van der Waals surface area contributed by atoms with Crippen LogP contribution in [0, 0.1) is 6.92 Å². The molecule has 0 unspecified atom stereocenters. The molecule has 0 bridgehead atoms. The van der Waals surface area contributed by atoms with Crippen LogP contribution in [-0.4, -0.2) is 19.3 Å². The van der Waals surface area contributed by atoms with Crippen LogP contribution in [0.1, 0.15) is 16.7 Å². The number of phenolic OH excluding ortho intramolecular Hbond substituents is 1. The zero-order chi connectivity index (χ0) is 10.6. The lowest BCUT2D eigenvalue weighted by Gasteiger charge is -2.12. The molecule has 78 valence electrons. The molecule has 0 aliphatic rings. The minimum atomic E-state index is 0.273. The topological polar surface area (TPSA) is 38.7 Å². The highest BCUT2D eigenvalue weighted by Gasteiger charge is 2.07. The number of aryl methyl sites for hydroxylation is 1. The highest BCUT2D eigenvalue weighted by atomic mass is 16.5. The maximum absolute atomic E-state index is 9.42. The zero-order valence-corrected chi connectivity index (χ0v) is 8.83. The van der Waals surface area contributed by atoms with Gasteiger partial charge in [-0.1, -0.05) is 0 Å². The van der Waals surface area contributed by atoms with Crippen molar-refractivity contribution in [1.82, 2.24) is 0 Å². The van der Waals surface area contributed by atoms with Crippen molar-refractivity contribution in [3.8, 4) is 5.75 Å². The molecule has 0 atom stereocenters. The normalized spacial score (nSPS) is 10.5. The van der Waals surface area contributed by atoms with Crippen LogP contribution in [-0.2, 0) is 22.7 Å². The monoisotopic (exact) mass is 196 g/mol. The Morgan fingerprint density at radius 1 is 1.14 bits per heavy atom. The molecular weight excluding hydrogens is 180 g/mol. The second-order valence-corrected chi connectivity index (χ2v) is 3.27. The van der Waals surface area contributed by atoms with E-state index in [0.717, 1.165) is 16.7 Å². The van der Waals surface area contributed by atoms with Gasteiger partial charge in [0.2, 0.25) is 0 Å². The molecule has 0 radical (unpaired) electrons. The first-order valence-electron chi connectivity index (χ1n) is 4.48. The van der Waals surface area contributed by atoms with Crippen LogP contribution in [0.25, 0.3) is 0 Å². The van der Waals surface area contributed by atoms with Gasteiger partial charge in [0, 0.05) is 14.2 Å². The first-order chi connectivity index (χ1) is 6.69. The van der Waals surface area contributed by atoms with Crippen LogP contribution in [0.5, 0.6) is 5.75 Å². The molecule has 0 aliphatic carbocycles. The van der Waals surface area contributed by atoms with Gasteiger partial charge in [0.25, 0.3) is 0 Å². The molecule has 0 spiro atoms. The van der Waals surface area contributed by atoms with E-state index >= 15 is 0 Å². The van der Waals surface area contributed by atoms with Gasteiger partial charge < -0.3 is 14.6 Å². The highest BCUT2D eigenvalue weighted by Crippen LogP contribution is 2.22. The number of aromatic hydroxyl groups is 1. The second kappa shape index (κ2) is 4.98. The van der Waals surface area contributed by atoms with E-state index in [2.05, 4.69) is 0 Å². The molecule has 0 fully saturated rings. The van der Waals surface area contributed by atoms with E-state index < -0.39 is 0 Å². The fourth-order valence-corrected chi connectivity index (χ4v) is 1.50. The number of rotatable bonds is 4. The number of methoxy groups -OCH3 is 2. The molecule has 1 N–H and O–H groups in total. The summed E-state index contributed by atoms with van der Waals surface area (Å²) >= 11 is 0. The highest BCUT2D eigenvalue weighted by molar-refractivity contribution is 5.40. The van der Waals surface area contributed by atoms with E-state index in [-0.39, 0.29) is 5.75 Å². The summed E-state index contributed by atoms with van der Waals surface area (Å²) in [6.45, 7) is 2.99. The van der Waals surface area contributed by atoms with Crippen molar-refractivity contribution in [3.63, 3.8) is 0 Å². The van der Waals surface area contributed by atoms with Crippen LogP contribution in [0.4, 0.5) is 0 Å². The Labute approximate surface area is 84.3 Å². The molecule has 0 saturated carbocycles. The van der Waals surface area contributed by atoms with Gasteiger partial charge in [-0.2, -0.15) is 0 Å².